The van der Waals surface area contributed by atoms with Gasteiger partial charge >= 0.3 is 12.0 Å². The Balaban J connectivity index is 2.54. The fourth-order valence-corrected chi connectivity index (χ4v) is 2.10. The molecular weight excluding hydrogens is 220 g/mol. The van der Waals surface area contributed by atoms with E-state index in [-0.39, 0.29) is 24.4 Å². The first kappa shape index (κ1) is 13.8. The number of urea groups is 1. The van der Waals surface area contributed by atoms with Crippen LogP contribution < -0.4 is 0 Å². The molecule has 0 aliphatic carbocycles. The molecule has 0 saturated carbocycles. The Morgan fingerprint density at radius 2 is 2.12 bits per heavy atom. The predicted octanol–water partition coefficient (Wildman–Crippen LogP) is 1.63. The zero-order valence-corrected chi connectivity index (χ0v) is 10.8. The number of carboxylic acid groups (broad SMARTS) is 1. The summed E-state index contributed by atoms with van der Waals surface area (Å²) >= 11 is 0. The highest BCUT2D eigenvalue weighted by Gasteiger charge is 2.27. The quantitative estimate of drug-likeness (QED) is 0.818. The molecular formula is C12H22N2O3. The molecule has 5 nitrogen and oxygen atoms in total. The highest BCUT2D eigenvalue weighted by Crippen LogP contribution is 2.20. The Kier molecular flexibility index (Phi) is 4.78. The van der Waals surface area contributed by atoms with Crippen molar-refractivity contribution in [2.75, 3.05) is 20.1 Å². The van der Waals surface area contributed by atoms with Gasteiger partial charge in [0.2, 0.25) is 0 Å². The third-order valence-corrected chi connectivity index (χ3v) is 3.33. The summed E-state index contributed by atoms with van der Waals surface area (Å²) < 4.78 is 0. The van der Waals surface area contributed by atoms with E-state index in [2.05, 4.69) is 0 Å². The number of aliphatic carboxylic acids is 1. The Morgan fingerprint density at radius 1 is 1.47 bits per heavy atom. The van der Waals surface area contributed by atoms with Crippen LogP contribution in [0.25, 0.3) is 0 Å². The van der Waals surface area contributed by atoms with E-state index >= 15 is 0 Å². The van der Waals surface area contributed by atoms with Crippen LogP contribution in [0.3, 0.4) is 0 Å². The molecule has 98 valence electrons. The minimum atomic E-state index is -0.776. The number of piperidine rings is 1. The lowest BCUT2D eigenvalue weighted by atomic mass is 9.95. The molecule has 0 radical (unpaired) electrons. The van der Waals surface area contributed by atoms with Crippen molar-refractivity contribution in [3.05, 3.63) is 0 Å². The Labute approximate surface area is 102 Å². The number of hydrogen-bond donors (Lipinski definition) is 1. The van der Waals surface area contributed by atoms with Crippen LogP contribution in [0.1, 0.15) is 33.1 Å². The minimum Gasteiger partial charge on any atom is -0.481 e. The van der Waals surface area contributed by atoms with Gasteiger partial charge < -0.3 is 14.9 Å². The molecule has 17 heavy (non-hydrogen) atoms. The highest BCUT2D eigenvalue weighted by atomic mass is 16.4. The number of likely N-dealkylation sites (tertiary alicyclic amines) is 1. The van der Waals surface area contributed by atoms with Gasteiger partial charge in [0.1, 0.15) is 0 Å². The third kappa shape index (κ3) is 3.91. The summed E-state index contributed by atoms with van der Waals surface area (Å²) in [5, 5.41) is 8.77. The number of nitrogens with zero attached hydrogens (tertiary/aromatic N) is 2. The lowest BCUT2D eigenvalue weighted by molar-refractivity contribution is -0.138. The number of amides is 2. The van der Waals surface area contributed by atoms with E-state index in [1.165, 1.54) is 0 Å². The van der Waals surface area contributed by atoms with Crippen LogP contribution in [0, 0.1) is 5.92 Å². The van der Waals surface area contributed by atoms with Gasteiger partial charge in [-0.05, 0) is 32.6 Å². The molecule has 1 aliphatic heterocycles. The van der Waals surface area contributed by atoms with Gasteiger partial charge in [0.25, 0.3) is 0 Å². The molecule has 5 heteroatoms. The summed E-state index contributed by atoms with van der Waals surface area (Å²) in [6.45, 7) is 5.25. The fraction of sp³-hybridized carbons (Fsp3) is 0.833. The molecule has 0 aromatic heterocycles. The van der Waals surface area contributed by atoms with Gasteiger partial charge in [-0.25, -0.2) is 4.79 Å². The summed E-state index contributed by atoms with van der Waals surface area (Å²) in [5.41, 5.74) is 0. The smallest absolute Gasteiger partial charge is 0.319 e. The maximum Gasteiger partial charge on any atom is 0.319 e. The summed E-state index contributed by atoms with van der Waals surface area (Å²) in [6.07, 6.45) is 1.96. The molecule has 1 aliphatic rings. The summed E-state index contributed by atoms with van der Waals surface area (Å²) in [4.78, 5) is 26.2. The van der Waals surface area contributed by atoms with Crippen LogP contribution in [0.5, 0.6) is 0 Å². The second-order valence-electron chi connectivity index (χ2n) is 5.04. The zero-order valence-electron chi connectivity index (χ0n) is 10.8. The first-order chi connectivity index (χ1) is 7.91. The molecule has 1 heterocycles. The molecule has 1 rings (SSSR count). The molecule has 1 fully saturated rings. The average Bonchev–Trinajstić information content (AvgIpc) is 2.26. The molecule has 1 saturated heterocycles. The molecule has 1 N–H and O–H groups in total. The largest absolute Gasteiger partial charge is 0.481 e. The van der Waals surface area contributed by atoms with Gasteiger partial charge in [0, 0.05) is 32.6 Å². The second kappa shape index (κ2) is 5.89. The number of carbonyl (C=O) groups excluding carboxylic acids is 1. The van der Waals surface area contributed by atoms with Crippen molar-refractivity contribution in [2.45, 2.75) is 39.2 Å². The van der Waals surface area contributed by atoms with Crippen LogP contribution in [-0.2, 0) is 4.79 Å². The van der Waals surface area contributed by atoms with E-state index in [9.17, 15) is 9.59 Å². The third-order valence-electron chi connectivity index (χ3n) is 3.33. The maximum absolute atomic E-state index is 12.1. The van der Waals surface area contributed by atoms with E-state index in [1.807, 2.05) is 13.8 Å². The van der Waals surface area contributed by atoms with E-state index in [4.69, 9.17) is 5.11 Å². The monoisotopic (exact) mass is 242 g/mol. The van der Waals surface area contributed by atoms with Crippen LogP contribution in [0.2, 0.25) is 0 Å². The normalized spacial score (nSPS) is 20.5. The average molecular weight is 242 g/mol. The first-order valence-corrected chi connectivity index (χ1v) is 6.15. The van der Waals surface area contributed by atoms with Crippen molar-refractivity contribution in [3.63, 3.8) is 0 Å². The van der Waals surface area contributed by atoms with Crippen molar-refractivity contribution in [2.24, 2.45) is 5.92 Å². The number of carbonyl (C=O) groups is 2. The van der Waals surface area contributed by atoms with Crippen molar-refractivity contribution in [3.8, 4) is 0 Å². The van der Waals surface area contributed by atoms with Crippen LogP contribution in [-0.4, -0.2) is 53.1 Å². The molecule has 1 unspecified atom stereocenters. The van der Waals surface area contributed by atoms with Crippen molar-refractivity contribution in [1.29, 1.82) is 0 Å². The van der Waals surface area contributed by atoms with Gasteiger partial charge in [0.15, 0.2) is 0 Å². The van der Waals surface area contributed by atoms with Gasteiger partial charge in [-0.15, -0.1) is 0 Å². The second-order valence-corrected chi connectivity index (χ2v) is 5.04. The maximum atomic E-state index is 12.1. The number of rotatable bonds is 3. The summed E-state index contributed by atoms with van der Waals surface area (Å²) in [5.74, 6) is -0.674. The van der Waals surface area contributed by atoms with Crippen LogP contribution >= 0.6 is 0 Å². The minimum absolute atomic E-state index is 0.00934. The van der Waals surface area contributed by atoms with Crippen molar-refractivity contribution >= 4 is 12.0 Å². The number of carboxylic acids is 1. The molecule has 1 atom stereocenters. The molecule has 0 aromatic carbocycles. The molecule has 2 amide bonds. The van der Waals surface area contributed by atoms with Crippen molar-refractivity contribution < 1.29 is 14.7 Å². The SMILES string of the molecule is CC(C)N(C)C(=O)N1CCCC(CC(=O)O)C1. The van der Waals surface area contributed by atoms with Crippen LogP contribution in [0.15, 0.2) is 0 Å². The molecule has 0 spiro atoms. The Bertz CT molecular complexity index is 291. The lowest BCUT2D eigenvalue weighted by Crippen LogP contribution is -2.48. The standard InChI is InChI=1S/C12H22N2O3/c1-9(2)13(3)12(17)14-6-4-5-10(8-14)7-11(15)16/h9-10H,4-8H2,1-3H3,(H,15,16). The van der Waals surface area contributed by atoms with E-state index in [0.29, 0.717) is 6.54 Å². The van der Waals surface area contributed by atoms with E-state index in [1.54, 1.807) is 16.8 Å². The van der Waals surface area contributed by atoms with Gasteiger partial charge in [-0.2, -0.15) is 0 Å². The number of hydrogen-bond acceptors (Lipinski definition) is 2. The zero-order chi connectivity index (χ0) is 13.0. The predicted molar refractivity (Wildman–Crippen MR) is 64.8 cm³/mol. The Hall–Kier alpha value is -1.26. The van der Waals surface area contributed by atoms with E-state index in [0.717, 1.165) is 19.4 Å². The highest BCUT2D eigenvalue weighted by molar-refractivity contribution is 5.74. The molecule has 0 bridgehead atoms. The fourth-order valence-electron chi connectivity index (χ4n) is 2.10. The lowest BCUT2D eigenvalue weighted by Gasteiger charge is -2.36. The first-order valence-electron chi connectivity index (χ1n) is 6.15. The summed E-state index contributed by atoms with van der Waals surface area (Å²) in [7, 11) is 1.79. The summed E-state index contributed by atoms with van der Waals surface area (Å²) in [6, 6.07) is 0.178. The van der Waals surface area contributed by atoms with Crippen molar-refractivity contribution in [1.82, 2.24) is 9.80 Å². The van der Waals surface area contributed by atoms with Gasteiger partial charge in [0.05, 0.1) is 0 Å². The van der Waals surface area contributed by atoms with Gasteiger partial charge in [-0.1, -0.05) is 0 Å². The Morgan fingerprint density at radius 3 is 2.65 bits per heavy atom. The van der Waals surface area contributed by atoms with Gasteiger partial charge in [-0.3, -0.25) is 4.79 Å². The topological polar surface area (TPSA) is 60.9 Å². The molecule has 0 aromatic rings. The van der Waals surface area contributed by atoms with E-state index < -0.39 is 5.97 Å². The van der Waals surface area contributed by atoms with Crippen LogP contribution in [0.4, 0.5) is 4.79 Å².